The summed E-state index contributed by atoms with van der Waals surface area (Å²) in [5, 5.41) is 4.59. The van der Waals surface area contributed by atoms with Crippen LogP contribution >= 0.6 is 11.6 Å². The summed E-state index contributed by atoms with van der Waals surface area (Å²) in [4.78, 5) is 31.4. The first kappa shape index (κ1) is 21.5. The SMILES string of the molecule is CN1C(=O)C(NC(=O)Nc2cccc(F)c2Cl)N=C(c2ccccc2F)c2ccccc21. The fourth-order valence-corrected chi connectivity index (χ4v) is 3.54. The largest absolute Gasteiger partial charge is 0.321 e. The van der Waals surface area contributed by atoms with Crippen LogP contribution in [0.4, 0.5) is 25.0 Å². The van der Waals surface area contributed by atoms with Gasteiger partial charge >= 0.3 is 6.03 Å². The van der Waals surface area contributed by atoms with E-state index in [4.69, 9.17) is 11.6 Å². The van der Waals surface area contributed by atoms with Crippen LogP contribution in [0.1, 0.15) is 11.1 Å². The second kappa shape index (κ2) is 8.76. The van der Waals surface area contributed by atoms with Gasteiger partial charge in [0.05, 0.1) is 22.1 Å². The first-order valence-electron chi connectivity index (χ1n) is 9.58. The van der Waals surface area contributed by atoms with Crippen molar-refractivity contribution in [2.45, 2.75) is 6.17 Å². The molecule has 3 amide bonds. The summed E-state index contributed by atoms with van der Waals surface area (Å²) >= 11 is 5.88. The lowest BCUT2D eigenvalue weighted by atomic mass is 10.00. The minimum Gasteiger partial charge on any atom is -0.311 e. The molecule has 2 N–H and O–H groups in total. The van der Waals surface area contributed by atoms with Crippen LogP contribution in [0.5, 0.6) is 0 Å². The lowest BCUT2D eigenvalue weighted by Crippen LogP contribution is -2.47. The van der Waals surface area contributed by atoms with Crippen LogP contribution in [0.15, 0.2) is 71.7 Å². The number of benzodiazepines with no additional fused rings is 1. The van der Waals surface area contributed by atoms with Crippen LogP contribution in [0.3, 0.4) is 0 Å². The molecule has 0 radical (unpaired) electrons. The van der Waals surface area contributed by atoms with Crippen molar-refractivity contribution in [1.82, 2.24) is 5.32 Å². The van der Waals surface area contributed by atoms with E-state index in [0.29, 0.717) is 11.3 Å². The van der Waals surface area contributed by atoms with Crippen molar-refractivity contribution in [2.75, 3.05) is 17.3 Å². The lowest BCUT2D eigenvalue weighted by molar-refractivity contribution is -0.119. The molecule has 1 aliphatic rings. The van der Waals surface area contributed by atoms with E-state index in [1.54, 1.807) is 42.5 Å². The van der Waals surface area contributed by atoms with Gasteiger partial charge in [0, 0.05) is 18.2 Å². The summed E-state index contributed by atoms with van der Waals surface area (Å²) in [6, 6.07) is 16.1. The Morgan fingerprint density at radius 2 is 1.62 bits per heavy atom. The van der Waals surface area contributed by atoms with Gasteiger partial charge in [0.2, 0.25) is 6.17 Å². The third-order valence-electron chi connectivity index (χ3n) is 4.94. The fourth-order valence-electron chi connectivity index (χ4n) is 3.37. The maximum absolute atomic E-state index is 14.6. The predicted molar refractivity (Wildman–Crippen MR) is 119 cm³/mol. The zero-order valence-electron chi connectivity index (χ0n) is 16.8. The van der Waals surface area contributed by atoms with Crippen molar-refractivity contribution in [3.8, 4) is 0 Å². The minimum atomic E-state index is -1.37. The third-order valence-corrected chi connectivity index (χ3v) is 5.32. The maximum Gasteiger partial charge on any atom is 0.321 e. The van der Waals surface area contributed by atoms with Gasteiger partial charge in [0.25, 0.3) is 5.91 Å². The predicted octanol–water partition coefficient (Wildman–Crippen LogP) is 4.58. The van der Waals surface area contributed by atoms with Gasteiger partial charge in [-0.25, -0.2) is 18.6 Å². The van der Waals surface area contributed by atoms with Crippen molar-refractivity contribution in [2.24, 2.45) is 4.99 Å². The molecule has 4 rings (SSSR count). The van der Waals surface area contributed by atoms with Crippen LogP contribution in [0.2, 0.25) is 5.02 Å². The van der Waals surface area contributed by atoms with E-state index in [9.17, 15) is 18.4 Å². The number of benzene rings is 3. The van der Waals surface area contributed by atoms with Crippen molar-refractivity contribution in [3.63, 3.8) is 0 Å². The van der Waals surface area contributed by atoms with E-state index in [0.717, 1.165) is 6.07 Å². The lowest BCUT2D eigenvalue weighted by Gasteiger charge is -2.21. The molecule has 0 spiro atoms. The number of likely N-dealkylation sites (N-methyl/N-ethyl adjacent to an activating group) is 1. The normalized spacial score (nSPS) is 15.5. The van der Waals surface area contributed by atoms with Gasteiger partial charge in [0.1, 0.15) is 11.6 Å². The molecule has 0 fully saturated rings. The second-order valence-corrected chi connectivity index (χ2v) is 7.35. The summed E-state index contributed by atoms with van der Waals surface area (Å²) in [5.41, 5.74) is 1.47. The zero-order valence-corrected chi connectivity index (χ0v) is 17.5. The number of hydrogen-bond donors (Lipinski definition) is 2. The van der Waals surface area contributed by atoms with Gasteiger partial charge in [-0.3, -0.25) is 4.79 Å². The monoisotopic (exact) mass is 454 g/mol. The summed E-state index contributed by atoms with van der Waals surface area (Å²) in [6.45, 7) is 0. The van der Waals surface area contributed by atoms with Crippen LogP contribution < -0.4 is 15.5 Å². The molecule has 1 aliphatic heterocycles. The number of nitrogens with zero attached hydrogens (tertiary/aromatic N) is 2. The molecule has 9 heteroatoms. The van der Waals surface area contributed by atoms with E-state index >= 15 is 0 Å². The van der Waals surface area contributed by atoms with E-state index < -0.39 is 29.7 Å². The number of fused-ring (bicyclic) bond motifs is 1. The Morgan fingerprint density at radius 1 is 0.969 bits per heavy atom. The van der Waals surface area contributed by atoms with E-state index in [1.165, 1.54) is 30.1 Å². The number of hydrogen-bond acceptors (Lipinski definition) is 3. The number of nitrogens with one attached hydrogen (secondary N) is 2. The highest BCUT2D eigenvalue weighted by Gasteiger charge is 2.31. The summed E-state index contributed by atoms with van der Waals surface area (Å²) < 4.78 is 28.3. The number of para-hydroxylation sites is 1. The molecule has 32 heavy (non-hydrogen) atoms. The van der Waals surface area contributed by atoms with Gasteiger partial charge < -0.3 is 15.5 Å². The molecule has 1 heterocycles. The van der Waals surface area contributed by atoms with Crippen LogP contribution in [-0.4, -0.2) is 30.9 Å². The fraction of sp³-hybridized carbons (Fsp3) is 0.0870. The number of anilines is 2. The first-order valence-corrected chi connectivity index (χ1v) is 9.96. The van der Waals surface area contributed by atoms with Gasteiger partial charge in [-0.2, -0.15) is 0 Å². The Balaban J connectivity index is 1.72. The number of rotatable bonds is 3. The number of halogens is 3. The molecule has 0 saturated heterocycles. The van der Waals surface area contributed by atoms with Gasteiger partial charge in [-0.15, -0.1) is 0 Å². The highest BCUT2D eigenvalue weighted by molar-refractivity contribution is 6.33. The van der Waals surface area contributed by atoms with Crippen molar-refractivity contribution in [1.29, 1.82) is 0 Å². The van der Waals surface area contributed by atoms with Gasteiger partial charge in [0.15, 0.2) is 0 Å². The molecular formula is C23H17ClF2N4O2. The minimum absolute atomic E-state index is 0.0279. The number of carbonyl (C=O) groups is 2. The Bertz CT molecular complexity index is 1250. The van der Waals surface area contributed by atoms with Gasteiger partial charge in [-0.1, -0.05) is 48.0 Å². The van der Waals surface area contributed by atoms with Crippen molar-refractivity contribution >= 4 is 40.6 Å². The molecule has 0 bridgehead atoms. The Kier molecular flexibility index (Phi) is 5.87. The topological polar surface area (TPSA) is 73.8 Å². The quantitative estimate of drug-likeness (QED) is 0.608. The van der Waals surface area contributed by atoms with Gasteiger partial charge in [-0.05, 0) is 30.3 Å². The van der Waals surface area contributed by atoms with Crippen molar-refractivity contribution in [3.05, 3.63) is 94.5 Å². The van der Waals surface area contributed by atoms with E-state index in [-0.39, 0.29) is 22.0 Å². The van der Waals surface area contributed by atoms with Crippen molar-refractivity contribution < 1.29 is 18.4 Å². The van der Waals surface area contributed by atoms with E-state index in [1.807, 2.05) is 0 Å². The van der Waals surface area contributed by atoms with Crippen LogP contribution in [-0.2, 0) is 4.79 Å². The molecule has 0 aromatic heterocycles. The molecule has 0 saturated carbocycles. The highest BCUT2D eigenvalue weighted by atomic mass is 35.5. The molecule has 3 aromatic carbocycles. The smallest absolute Gasteiger partial charge is 0.311 e. The number of carbonyl (C=O) groups excluding carboxylic acids is 2. The molecule has 0 aliphatic carbocycles. The average molecular weight is 455 g/mol. The standard InChI is InChI=1S/C23H17ClF2N4O2/c1-30-18-12-5-3-8-14(18)20(13-7-2-4-9-15(13)25)28-21(22(30)31)29-23(32)27-17-11-6-10-16(26)19(17)24/h2-12,21H,1H3,(H2,27,29,32). The highest BCUT2D eigenvalue weighted by Crippen LogP contribution is 2.28. The molecule has 162 valence electrons. The maximum atomic E-state index is 14.6. The number of amides is 3. The Labute approximate surface area is 187 Å². The number of urea groups is 1. The summed E-state index contributed by atoms with van der Waals surface area (Å²) in [5.74, 6) is -1.76. The van der Waals surface area contributed by atoms with E-state index in [2.05, 4.69) is 15.6 Å². The molecular weight excluding hydrogens is 438 g/mol. The Morgan fingerprint density at radius 3 is 2.38 bits per heavy atom. The van der Waals surface area contributed by atoms with Crippen LogP contribution in [0.25, 0.3) is 0 Å². The number of aliphatic imine (C=N–C) groups is 1. The average Bonchev–Trinajstić information content (AvgIpc) is 2.88. The zero-order chi connectivity index (χ0) is 22.8. The third kappa shape index (κ3) is 4.04. The van der Waals surface area contributed by atoms with Crippen LogP contribution in [0, 0.1) is 11.6 Å². The molecule has 1 unspecified atom stereocenters. The summed E-state index contributed by atoms with van der Waals surface area (Å²) in [7, 11) is 1.54. The molecule has 1 atom stereocenters. The Hall–Kier alpha value is -3.78. The molecule has 6 nitrogen and oxygen atoms in total. The summed E-state index contributed by atoms with van der Waals surface area (Å²) in [6.07, 6.45) is -1.37. The first-order chi connectivity index (χ1) is 15.4. The second-order valence-electron chi connectivity index (χ2n) is 6.97. The molecule has 3 aromatic rings.